The van der Waals surface area contributed by atoms with Gasteiger partial charge in [-0.1, -0.05) is 0 Å². The molecular formula is C12H16N4O4S. The molecule has 1 fully saturated rings. The van der Waals surface area contributed by atoms with Crippen LogP contribution < -0.4 is 16.8 Å². The van der Waals surface area contributed by atoms with Gasteiger partial charge < -0.3 is 16.8 Å². The SMILES string of the molecule is NC(=O)c1ccc(S(=O)(=O)N2CCNC(=O)CC2)c(N)c1. The van der Waals surface area contributed by atoms with E-state index in [2.05, 4.69) is 5.32 Å². The Balaban J connectivity index is 2.35. The van der Waals surface area contributed by atoms with E-state index >= 15 is 0 Å². The maximum Gasteiger partial charge on any atom is 0.248 e. The summed E-state index contributed by atoms with van der Waals surface area (Å²) in [6, 6.07) is 3.80. The number of nitrogens with two attached hydrogens (primary N) is 2. The highest BCUT2D eigenvalue weighted by molar-refractivity contribution is 7.89. The van der Waals surface area contributed by atoms with Crippen molar-refractivity contribution in [2.45, 2.75) is 11.3 Å². The van der Waals surface area contributed by atoms with Crippen LogP contribution in [0.2, 0.25) is 0 Å². The summed E-state index contributed by atoms with van der Waals surface area (Å²) in [7, 11) is -3.82. The Bertz CT molecular complexity index is 686. The Morgan fingerprint density at radius 1 is 1.29 bits per heavy atom. The molecule has 1 aliphatic heterocycles. The summed E-state index contributed by atoms with van der Waals surface area (Å²) in [6.45, 7) is 0.508. The van der Waals surface area contributed by atoms with Gasteiger partial charge in [0.1, 0.15) is 4.90 Å². The molecule has 2 rings (SSSR count). The molecule has 0 aliphatic carbocycles. The second-order valence-corrected chi connectivity index (χ2v) is 6.53. The predicted octanol–water partition coefficient (Wildman–Crippen LogP) is -1.12. The maximum absolute atomic E-state index is 12.5. The number of nitrogen functional groups attached to an aromatic ring is 1. The Morgan fingerprint density at radius 3 is 2.62 bits per heavy atom. The smallest absolute Gasteiger partial charge is 0.248 e. The van der Waals surface area contributed by atoms with E-state index in [1.807, 2.05) is 0 Å². The first-order valence-corrected chi connectivity index (χ1v) is 7.72. The van der Waals surface area contributed by atoms with Crippen molar-refractivity contribution in [2.24, 2.45) is 5.73 Å². The van der Waals surface area contributed by atoms with Crippen molar-refractivity contribution >= 4 is 27.5 Å². The van der Waals surface area contributed by atoms with Crippen molar-refractivity contribution in [3.05, 3.63) is 23.8 Å². The van der Waals surface area contributed by atoms with Gasteiger partial charge in [-0.25, -0.2) is 8.42 Å². The first-order chi connectivity index (χ1) is 9.82. The van der Waals surface area contributed by atoms with Crippen LogP contribution in [0.3, 0.4) is 0 Å². The summed E-state index contributed by atoms with van der Waals surface area (Å²) < 4.78 is 26.3. The standard InChI is InChI=1S/C12H16N4O4S/c13-9-7-8(12(14)18)1-2-10(9)21(19,20)16-5-3-11(17)15-4-6-16/h1-2,7H,3-6,13H2,(H2,14,18)(H,15,17). The van der Waals surface area contributed by atoms with Gasteiger partial charge in [0.2, 0.25) is 21.8 Å². The van der Waals surface area contributed by atoms with Crippen LogP contribution in [0.5, 0.6) is 0 Å². The van der Waals surface area contributed by atoms with Crippen LogP contribution in [-0.4, -0.2) is 44.2 Å². The van der Waals surface area contributed by atoms with Gasteiger partial charge in [0, 0.05) is 31.6 Å². The lowest BCUT2D eigenvalue weighted by atomic mass is 10.2. The zero-order chi connectivity index (χ0) is 15.6. The van der Waals surface area contributed by atoms with Crippen LogP contribution in [0, 0.1) is 0 Å². The molecule has 114 valence electrons. The van der Waals surface area contributed by atoms with Crippen molar-refractivity contribution in [3.8, 4) is 0 Å². The second kappa shape index (κ2) is 5.70. The van der Waals surface area contributed by atoms with E-state index < -0.39 is 15.9 Å². The van der Waals surface area contributed by atoms with Crippen molar-refractivity contribution in [3.63, 3.8) is 0 Å². The molecule has 1 aliphatic rings. The number of rotatable bonds is 3. The van der Waals surface area contributed by atoms with Crippen molar-refractivity contribution in [2.75, 3.05) is 25.4 Å². The number of sulfonamides is 1. The van der Waals surface area contributed by atoms with Crippen molar-refractivity contribution < 1.29 is 18.0 Å². The lowest BCUT2D eigenvalue weighted by Crippen LogP contribution is -2.34. The molecule has 21 heavy (non-hydrogen) atoms. The van der Waals surface area contributed by atoms with Crippen molar-refractivity contribution in [1.82, 2.24) is 9.62 Å². The van der Waals surface area contributed by atoms with Crippen LogP contribution in [-0.2, 0) is 14.8 Å². The minimum Gasteiger partial charge on any atom is -0.398 e. The van der Waals surface area contributed by atoms with Gasteiger partial charge in [-0.15, -0.1) is 0 Å². The molecule has 2 amide bonds. The Kier molecular flexibility index (Phi) is 4.14. The molecule has 0 radical (unpaired) electrons. The lowest BCUT2D eigenvalue weighted by molar-refractivity contribution is -0.120. The largest absolute Gasteiger partial charge is 0.398 e. The number of anilines is 1. The normalized spacial score (nSPS) is 17.0. The number of carbonyl (C=O) groups is 2. The van der Waals surface area contributed by atoms with E-state index in [1.54, 1.807) is 0 Å². The highest BCUT2D eigenvalue weighted by Crippen LogP contribution is 2.24. The molecule has 1 aromatic carbocycles. The predicted molar refractivity (Wildman–Crippen MR) is 75.8 cm³/mol. The molecule has 9 heteroatoms. The van der Waals surface area contributed by atoms with Crippen LogP contribution in [0.15, 0.2) is 23.1 Å². The van der Waals surface area contributed by atoms with E-state index in [1.165, 1.54) is 22.5 Å². The van der Waals surface area contributed by atoms with Gasteiger partial charge >= 0.3 is 0 Å². The molecule has 0 atom stereocenters. The summed E-state index contributed by atoms with van der Waals surface area (Å²) >= 11 is 0. The van der Waals surface area contributed by atoms with Crippen LogP contribution >= 0.6 is 0 Å². The molecule has 1 saturated heterocycles. The monoisotopic (exact) mass is 312 g/mol. The first kappa shape index (κ1) is 15.3. The fraction of sp³-hybridized carbons (Fsp3) is 0.333. The average molecular weight is 312 g/mol. The minimum absolute atomic E-state index is 0.0465. The van der Waals surface area contributed by atoms with Crippen LogP contribution in [0.4, 0.5) is 5.69 Å². The van der Waals surface area contributed by atoms with Gasteiger partial charge in [0.05, 0.1) is 5.69 Å². The number of hydrogen-bond acceptors (Lipinski definition) is 5. The molecule has 1 heterocycles. The summed E-state index contributed by atoms with van der Waals surface area (Å²) in [4.78, 5) is 22.2. The number of benzene rings is 1. The van der Waals surface area contributed by atoms with E-state index in [0.29, 0.717) is 0 Å². The van der Waals surface area contributed by atoms with Gasteiger partial charge in [-0.05, 0) is 18.2 Å². The quantitative estimate of drug-likeness (QED) is 0.607. The third kappa shape index (κ3) is 3.14. The first-order valence-electron chi connectivity index (χ1n) is 6.28. The molecule has 8 nitrogen and oxygen atoms in total. The third-order valence-electron chi connectivity index (χ3n) is 3.18. The van der Waals surface area contributed by atoms with Gasteiger partial charge in [-0.2, -0.15) is 4.31 Å². The zero-order valence-corrected chi connectivity index (χ0v) is 12.0. The lowest BCUT2D eigenvalue weighted by Gasteiger charge is -2.20. The minimum atomic E-state index is -3.82. The van der Waals surface area contributed by atoms with Crippen LogP contribution in [0.25, 0.3) is 0 Å². The van der Waals surface area contributed by atoms with Gasteiger partial charge in [0.25, 0.3) is 0 Å². The average Bonchev–Trinajstić information content (AvgIpc) is 2.63. The zero-order valence-electron chi connectivity index (χ0n) is 11.2. The number of primary amides is 1. The van der Waals surface area contributed by atoms with Crippen molar-refractivity contribution in [1.29, 1.82) is 0 Å². The highest BCUT2D eigenvalue weighted by Gasteiger charge is 2.28. The Labute approximate surface area is 122 Å². The number of nitrogens with zero attached hydrogens (tertiary/aromatic N) is 1. The Hall–Kier alpha value is -2.13. The molecule has 0 aromatic heterocycles. The number of amides is 2. The molecule has 0 saturated carbocycles. The summed E-state index contributed by atoms with van der Waals surface area (Å²) in [5.74, 6) is -0.875. The molecule has 0 unspecified atom stereocenters. The van der Waals surface area contributed by atoms with Crippen LogP contribution in [0.1, 0.15) is 16.8 Å². The molecule has 0 spiro atoms. The number of hydrogen-bond donors (Lipinski definition) is 3. The van der Waals surface area contributed by atoms with E-state index in [0.717, 1.165) is 0 Å². The molecule has 1 aromatic rings. The third-order valence-corrected chi connectivity index (χ3v) is 5.16. The second-order valence-electron chi connectivity index (χ2n) is 4.62. The fourth-order valence-corrected chi connectivity index (χ4v) is 3.60. The fourth-order valence-electron chi connectivity index (χ4n) is 2.06. The molecular weight excluding hydrogens is 296 g/mol. The molecule has 0 bridgehead atoms. The van der Waals surface area contributed by atoms with E-state index in [4.69, 9.17) is 11.5 Å². The van der Waals surface area contributed by atoms with E-state index in [-0.39, 0.29) is 48.1 Å². The Morgan fingerprint density at radius 2 is 2.00 bits per heavy atom. The summed E-state index contributed by atoms with van der Waals surface area (Å²) in [5.41, 5.74) is 10.9. The summed E-state index contributed by atoms with van der Waals surface area (Å²) in [5, 5.41) is 2.60. The van der Waals surface area contributed by atoms with Gasteiger partial charge in [-0.3, -0.25) is 9.59 Å². The maximum atomic E-state index is 12.5. The molecule has 5 N–H and O–H groups in total. The summed E-state index contributed by atoms with van der Waals surface area (Å²) in [6.07, 6.45) is 0.0957. The number of nitrogens with one attached hydrogen (secondary N) is 1. The van der Waals surface area contributed by atoms with Gasteiger partial charge in [0.15, 0.2) is 0 Å². The highest BCUT2D eigenvalue weighted by atomic mass is 32.2. The topological polar surface area (TPSA) is 136 Å². The van der Waals surface area contributed by atoms with E-state index in [9.17, 15) is 18.0 Å². The number of carbonyl (C=O) groups excluding carboxylic acids is 2.